The number of nitroso groups, excluding NO2 is 1. The first-order valence-electron chi connectivity index (χ1n) is 11.2. The van der Waals surface area contributed by atoms with Gasteiger partial charge in [0.25, 0.3) is 5.91 Å². The lowest BCUT2D eigenvalue weighted by Gasteiger charge is -2.15. The first kappa shape index (κ1) is 26.8. The summed E-state index contributed by atoms with van der Waals surface area (Å²) in [7, 11) is 0. The first-order valence-corrected chi connectivity index (χ1v) is 12.0. The van der Waals surface area contributed by atoms with Gasteiger partial charge >= 0.3 is 11.4 Å². The average molecular weight is 559 g/mol. The molecule has 190 valence electrons. The highest BCUT2D eigenvalue weighted by Crippen LogP contribution is 2.29. The van der Waals surface area contributed by atoms with Crippen molar-refractivity contribution in [3.8, 4) is 5.75 Å². The fourth-order valence-corrected chi connectivity index (χ4v) is 3.87. The number of amides is 1. The van der Waals surface area contributed by atoms with Crippen molar-refractivity contribution in [1.29, 1.82) is 0 Å². The molecule has 0 fully saturated rings. The Morgan fingerprint density at radius 1 is 1.06 bits per heavy atom. The van der Waals surface area contributed by atoms with Gasteiger partial charge in [0.05, 0.1) is 28.7 Å². The fraction of sp³-hybridized carbons (Fsp3) is 0.333. The molecule has 0 saturated carbocycles. The van der Waals surface area contributed by atoms with Crippen LogP contribution in [0, 0.1) is 17.7 Å². The number of rotatable bonds is 8. The lowest BCUT2D eigenvalue weighted by atomic mass is 10.1. The van der Waals surface area contributed by atoms with Gasteiger partial charge in [0.2, 0.25) is 5.62 Å². The van der Waals surface area contributed by atoms with Crippen LogP contribution < -0.4 is 27.6 Å². The number of nitrogen functional groups attached to an aromatic ring is 1. The van der Waals surface area contributed by atoms with Crippen LogP contribution in [-0.4, -0.2) is 25.8 Å². The second-order valence-electron chi connectivity index (χ2n) is 8.64. The lowest BCUT2D eigenvalue weighted by molar-refractivity contribution is -0.121. The quantitative estimate of drug-likeness (QED) is 0.332. The van der Waals surface area contributed by atoms with E-state index in [-0.39, 0.29) is 24.8 Å². The van der Waals surface area contributed by atoms with Crippen LogP contribution in [0.5, 0.6) is 5.75 Å². The maximum absolute atomic E-state index is 13.5. The molecule has 1 atom stereocenters. The van der Waals surface area contributed by atoms with Crippen LogP contribution in [0.3, 0.4) is 0 Å². The van der Waals surface area contributed by atoms with Gasteiger partial charge in [-0.3, -0.25) is 9.36 Å². The van der Waals surface area contributed by atoms with E-state index in [1.807, 2.05) is 45.0 Å². The van der Waals surface area contributed by atoms with Gasteiger partial charge in [0, 0.05) is 11.7 Å². The van der Waals surface area contributed by atoms with Crippen molar-refractivity contribution in [2.75, 3.05) is 5.84 Å². The summed E-state index contributed by atoms with van der Waals surface area (Å²) in [6.07, 6.45) is -0.0359. The molecule has 0 saturated heterocycles. The smallest absolute Gasteiger partial charge is 0.353 e. The molecule has 3 aromatic rings. The Labute approximate surface area is 214 Å². The SMILES string of the molecule is Cc1ccc(Cn2c(=Nc3ccc(OC(C)C)c(Br)c3)n(N)c(=O)n(C[C@H](C)C(=O)N=O)c2=O)cc1. The number of hydrogen-bond donors (Lipinski definition) is 1. The summed E-state index contributed by atoms with van der Waals surface area (Å²) in [6, 6.07) is 12.5. The number of nitrogens with two attached hydrogens (primary N) is 1. The lowest BCUT2D eigenvalue weighted by Crippen LogP contribution is -2.58. The van der Waals surface area contributed by atoms with Crippen LogP contribution in [0.4, 0.5) is 5.69 Å². The summed E-state index contributed by atoms with van der Waals surface area (Å²) in [4.78, 5) is 53.3. The Bertz CT molecular complexity index is 1470. The summed E-state index contributed by atoms with van der Waals surface area (Å²) in [5.41, 5.74) is 0.509. The molecule has 1 amide bonds. The van der Waals surface area contributed by atoms with Gasteiger partial charge in [-0.1, -0.05) is 36.8 Å². The highest BCUT2D eigenvalue weighted by molar-refractivity contribution is 9.10. The minimum atomic E-state index is -0.993. The van der Waals surface area contributed by atoms with Crippen LogP contribution in [0.15, 0.2) is 66.7 Å². The van der Waals surface area contributed by atoms with E-state index in [1.54, 1.807) is 18.2 Å². The number of carbonyl (C=O) groups is 1. The molecule has 2 aromatic carbocycles. The van der Waals surface area contributed by atoms with E-state index in [1.165, 1.54) is 11.5 Å². The normalized spacial score (nSPS) is 12.6. The number of aryl methyl sites for hydroxylation is 1. The van der Waals surface area contributed by atoms with Gasteiger partial charge in [-0.15, -0.1) is 4.91 Å². The second kappa shape index (κ2) is 11.3. The number of hydrogen-bond acceptors (Lipinski definition) is 7. The van der Waals surface area contributed by atoms with E-state index < -0.39 is 23.2 Å². The Morgan fingerprint density at radius 3 is 2.31 bits per heavy atom. The van der Waals surface area contributed by atoms with E-state index in [9.17, 15) is 19.3 Å². The van der Waals surface area contributed by atoms with Crippen molar-refractivity contribution in [1.82, 2.24) is 13.8 Å². The molecule has 12 heteroatoms. The maximum Gasteiger partial charge on any atom is 0.353 e. The third-order valence-corrected chi connectivity index (χ3v) is 5.91. The Kier molecular flexibility index (Phi) is 8.41. The number of carbonyl (C=O) groups excluding carboxylic acids is 1. The number of benzene rings is 2. The molecule has 0 aliphatic carbocycles. The Morgan fingerprint density at radius 2 is 1.72 bits per heavy atom. The third-order valence-electron chi connectivity index (χ3n) is 5.29. The molecule has 0 radical (unpaired) electrons. The molecular weight excluding hydrogens is 532 g/mol. The largest absolute Gasteiger partial charge is 0.490 e. The summed E-state index contributed by atoms with van der Waals surface area (Å²) < 4.78 is 9.14. The van der Waals surface area contributed by atoms with Crippen LogP contribution >= 0.6 is 15.9 Å². The molecule has 1 heterocycles. The van der Waals surface area contributed by atoms with Crippen molar-refractivity contribution < 1.29 is 9.53 Å². The van der Waals surface area contributed by atoms with Gasteiger partial charge in [0.1, 0.15) is 5.75 Å². The highest BCUT2D eigenvalue weighted by Gasteiger charge is 2.20. The molecular formula is C24H27BrN6O5. The molecule has 0 aliphatic heterocycles. The Hall–Kier alpha value is -3.80. The standard InChI is InChI=1S/C24H27BrN6O5/c1-14(2)36-20-10-9-18(11-19(20)25)27-22-29(13-17-7-5-15(3)6-8-17)23(33)30(24(34)31(22)26)12-16(4)21(32)28-35/h5-11,14,16H,12-13,26H2,1-4H3/t16-/m0/s1. The van der Waals surface area contributed by atoms with E-state index >= 15 is 0 Å². The molecule has 0 unspecified atom stereocenters. The van der Waals surface area contributed by atoms with Gasteiger partial charge in [-0.2, -0.15) is 4.68 Å². The predicted molar refractivity (Wildman–Crippen MR) is 138 cm³/mol. The minimum Gasteiger partial charge on any atom is -0.490 e. The Balaban J connectivity index is 2.23. The molecule has 1 aromatic heterocycles. The van der Waals surface area contributed by atoms with Gasteiger partial charge in [-0.05, 0) is 60.5 Å². The van der Waals surface area contributed by atoms with Crippen LogP contribution in [0.25, 0.3) is 0 Å². The zero-order valence-corrected chi connectivity index (χ0v) is 21.9. The number of nitrogens with zero attached hydrogens (tertiary/aromatic N) is 5. The molecule has 0 spiro atoms. The van der Waals surface area contributed by atoms with E-state index in [2.05, 4.69) is 26.1 Å². The van der Waals surface area contributed by atoms with Crippen LogP contribution in [0.1, 0.15) is 31.9 Å². The summed E-state index contributed by atoms with van der Waals surface area (Å²) in [5, 5.41) is 2.39. The summed E-state index contributed by atoms with van der Waals surface area (Å²) in [6.45, 7) is 6.84. The van der Waals surface area contributed by atoms with E-state index in [0.717, 1.165) is 20.4 Å². The van der Waals surface area contributed by atoms with Gasteiger partial charge in [-0.25, -0.2) is 19.1 Å². The van der Waals surface area contributed by atoms with Crippen LogP contribution in [-0.2, 0) is 17.9 Å². The van der Waals surface area contributed by atoms with Gasteiger partial charge in [0.15, 0.2) is 0 Å². The summed E-state index contributed by atoms with van der Waals surface area (Å²) >= 11 is 3.45. The van der Waals surface area contributed by atoms with E-state index in [0.29, 0.717) is 15.9 Å². The number of aromatic nitrogens is 3. The second-order valence-corrected chi connectivity index (χ2v) is 9.50. The zero-order valence-electron chi connectivity index (χ0n) is 20.3. The molecule has 2 N–H and O–H groups in total. The molecule has 0 aliphatic rings. The molecule has 3 rings (SSSR count). The molecule has 11 nitrogen and oxygen atoms in total. The first-order chi connectivity index (χ1) is 17.0. The van der Waals surface area contributed by atoms with Crippen molar-refractivity contribution in [2.45, 2.75) is 46.9 Å². The maximum atomic E-state index is 13.5. The zero-order chi connectivity index (χ0) is 26.6. The summed E-state index contributed by atoms with van der Waals surface area (Å²) in [5.74, 6) is 4.76. The molecule has 36 heavy (non-hydrogen) atoms. The number of halogens is 1. The highest BCUT2D eigenvalue weighted by atomic mass is 79.9. The minimum absolute atomic E-state index is 0.0359. The van der Waals surface area contributed by atoms with E-state index in [4.69, 9.17) is 10.6 Å². The van der Waals surface area contributed by atoms with Crippen LogP contribution in [0.2, 0.25) is 0 Å². The average Bonchev–Trinajstić information content (AvgIpc) is 2.84. The fourth-order valence-electron chi connectivity index (χ4n) is 3.41. The van der Waals surface area contributed by atoms with Crippen molar-refractivity contribution in [3.63, 3.8) is 0 Å². The monoisotopic (exact) mass is 558 g/mol. The predicted octanol–water partition coefficient (Wildman–Crippen LogP) is 2.59. The number of ether oxygens (including phenoxy) is 1. The third kappa shape index (κ3) is 6.06. The van der Waals surface area contributed by atoms with Crippen molar-refractivity contribution >= 4 is 27.5 Å². The van der Waals surface area contributed by atoms with Gasteiger partial charge < -0.3 is 10.6 Å². The van der Waals surface area contributed by atoms with Crippen molar-refractivity contribution in [3.05, 3.63) is 89.6 Å². The topological polar surface area (TPSA) is 143 Å². The molecule has 0 bridgehead atoms. The van der Waals surface area contributed by atoms with Crippen molar-refractivity contribution in [2.24, 2.45) is 16.1 Å².